The smallest absolute Gasteiger partial charge is 0.250 e. The van der Waals surface area contributed by atoms with E-state index in [0.717, 1.165) is 5.56 Å². The normalized spacial score (nSPS) is 19.4. The van der Waals surface area contributed by atoms with Crippen molar-refractivity contribution >= 4 is 27.3 Å². The molecule has 0 saturated heterocycles. The summed E-state index contributed by atoms with van der Waals surface area (Å²) in [5.74, 6) is -1.49. The van der Waals surface area contributed by atoms with Crippen molar-refractivity contribution in [3.8, 4) is 0 Å². The van der Waals surface area contributed by atoms with Crippen LogP contribution in [0.3, 0.4) is 0 Å². The summed E-state index contributed by atoms with van der Waals surface area (Å²) < 4.78 is 25.9. The Bertz CT molecular complexity index is 973. The van der Waals surface area contributed by atoms with E-state index in [4.69, 9.17) is 0 Å². The number of amides is 2. The van der Waals surface area contributed by atoms with Gasteiger partial charge in [-0.1, -0.05) is 56.3 Å². The molecule has 1 N–H and O–H groups in total. The first-order chi connectivity index (χ1) is 13.3. The number of rotatable bonds is 5. The van der Waals surface area contributed by atoms with Crippen molar-refractivity contribution < 1.29 is 18.0 Å². The number of sulfone groups is 1. The van der Waals surface area contributed by atoms with E-state index in [-0.39, 0.29) is 23.3 Å². The molecular formula is C21H24N2O4S. The average molecular weight is 401 g/mol. The van der Waals surface area contributed by atoms with Gasteiger partial charge >= 0.3 is 0 Å². The molecule has 0 fully saturated rings. The SMILES string of the molecule is CC[C@@H](C)C(=O)NC1CS(=O)(=O)c2ccccc2N(Cc2ccccc2)C1=O. The standard InChI is InChI=1S/C21H24N2O4S/c1-3-15(2)20(24)22-17-14-28(26,27)19-12-8-7-11-18(19)23(21(17)25)13-16-9-5-4-6-10-16/h4-12,15,17H,3,13-14H2,1-2H3,(H,22,24)/t15-,17?/m1/s1. The molecule has 6 nitrogen and oxygen atoms in total. The number of nitrogens with one attached hydrogen (secondary N) is 1. The number of hydrogen-bond acceptors (Lipinski definition) is 4. The third-order valence-electron chi connectivity index (χ3n) is 5.00. The van der Waals surface area contributed by atoms with Crippen LogP contribution in [0.2, 0.25) is 0 Å². The summed E-state index contributed by atoms with van der Waals surface area (Å²) in [6.45, 7) is 3.84. The molecule has 3 rings (SSSR count). The van der Waals surface area contributed by atoms with Gasteiger partial charge < -0.3 is 10.2 Å². The molecule has 148 valence electrons. The molecule has 1 aliphatic rings. The largest absolute Gasteiger partial charge is 0.343 e. The van der Waals surface area contributed by atoms with E-state index >= 15 is 0 Å². The van der Waals surface area contributed by atoms with Crippen LogP contribution in [-0.2, 0) is 26.0 Å². The van der Waals surface area contributed by atoms with Crippen LogP contribution in [-0.4, -0.2) is 32.0 Å². The fourth-order valence-corrected chi connectivity index (χ4v) is 4.79. The molecule has 0 aromatic heterocycles. The third kappa shape index (κ3) is 4.09. The van der Waals surface area contributed by atoms with Crippen molar-refractivity contribution in [3.63, 3.8) is 0 Å². The number of nitrogens with zero attached hydrogens (tertiary/aromatic N) is 1. The molecule has 2 amide bonds. The Morgan fingerprint density at radius 2 is 1.79 bits per heavy atom. The number of carbonyl (C=O) groups excluding carboxylic acids is 2. The van der Waals surface area contributed by atoms with Gasteiger partial charge in [-0.3, -0.25) is 9.59 Å². The summed E-state index contributed by atoms with van der Waals surface area (Å²) in [5, 5.41) is 2.66. The van der Waals surface area contributed by atoms with E-state index in [0.29, 0.717) is 12.1 Å². The van der Waals surface area contributed by atoms with E-state index in [2.05, 4.69) is 5.32 Å². The molecule has 1 unspecified atom stereocenters. The molecule has 2 aromatic rings. The summed E-state index contributed by atoms with van der Waals surface area (Å²) in [5.41, 5.74) is 1.22. The number of anilines is 1. The molecule has 7 heteroatoms. The number of hydrogen-bond donors (Lipinski definition) is 1. The second-order valence-electron chi connectivity index (χ2n) is 7.03. The predicted molar refractivity (Wildman–Crippen MR) is 108 cm³/mol. The maximum atomic E-state index is 13.3. The van der Waals surface area contributed by atoms with Gasteiger partial charge in [0, 0.05) is 5.92 Å². The lowest BCUT2D eigenvalue weighted by Crippen LogP contribution is -2.51. The van der Waals surface area contributed by atoms with Crippen LogP contribution in [0.15, 0.2) is 59.5 Å². The van der Waals surface area contributed by atoms with Gasteiger partial charge in [0.05, 0.1) is 22.9 Å². The topological polar surface area (TPSA) is 83.6 Å². The van der Waals surface area contributed by atoms with Gasteiger partial charge in [0.25, 0.3) is 5.91 Å². The molecule has 0 bridgehead atoms. The molecule has 1 heterocycles. The first-order valence-electron chi connectivity index (χ1n) is 9.31. The van der Waals surface area contributed by atoms with Gasteiger partial charge in [-0.05, 0) is 24.1 Å². The van der Waals surface area contributed by atoms with E-state index in [1.165, 1.54) is 11.0 Å². The Morgan fingerprint density at radius 1 is 1.14 bits per heavy atom. The zero-order chi connectivity index (χ0) is 20.3. The number of benzene rings is 2. The van der Waals surface area contributed by atoms with E-state index in [1.54, 1.807) is 25.1 Å². The Kier molecular flexibility index (Phi) is 5.84. The van der Waals surface area contributed by atoms with Crippen LogP contribution in [0.1, 0.15) is 25.8 Å². The third-order valence-corrected chi connectivity index (χ3v) is 6.79. The minimum atomic E-state index is -3.74. The van der Waals surface area contributed by atoms with Crippen LogP contribution in [0.5, 0.6) is 0 Å². The van der Waals surface area contributed by atoms with Crippen LogP contribution < -0.4 is 10.2 Å². The molecule has 0 saturated carbocycles. The zero-order valence-electron chi connectivity index (χ0n) is 16.0. The molecule has 1 aliphatic heterocycles. The van der Waals surface area contributed by atoms with E-state index in [1.807, 2.05) is 37.3 Å². The van der Waals surface area contributed by atoms with Crippen LogP contribution in [0, 0.1) is 5.92 Å². The fourth-order valence-electron chi connectivity index (χ4n) is 3.16. The second-order valence-corrected chi connectivity index (χ2v) is 9.03. The lowest BCUT2D eigenvalue weighted by atomic mass is 10.1. The van der Waals surface area contributed by atoms with E-state index < -0.39 is 27.5 Å². The lowest BCUT2D eigenvalue weighted by Gasteiger charge is -2.26. The number of para-hydroxylation sites is 1. The van der Waals surface area contributed by atoms with Crippen molar-refractivity contribution in [3.05, 3.63) is 60.2 Å². The van der Waals surface area contributed by atoms with Gasteiger partial charge in [0.15, 0.2) is 9.84 Å². The highest BCUT2D eigenvalue weighted by Gasteiger charge is 2.38. The molecule has 0 spiro atoms. The Hall–Kier alpha value is -2.67. The first kappa shape index (κ1) is 20.1. The molecule has 28 heavy (non-hydrogen) atoms. The second kappa shape index (κ2) is 8.14. The number of carbonyl (C=O) groups is 2. The highest BCUT2D eigenvalue weighted by atomic mass is 32.2. The van der Waals surface area contributed by atoms with Crippen LogP contribution in [0.25, 0.3) is 0 Å². The lowest BCUT2D eigenvalue weighted by molar-refractivity contribution is -0.129. The van der Waals surface area contributed by atoms with Gasteiger partial charge in [0.1, 0.15) is 6.04 Å². The molecule has 2 atom stereocenters. The molecule has 0 radical (unpaired) electrons. The average Bonchev–Trinajstić information content (AvgIpc) is 2.77. The summed E-state index contributed by atoms with van der Waals surface area (Å²) >= 11 is 0. The summed E-state index contributed by atoms with van der Waals surface area (Å²) in [6.07, 6.45) is 0.605. The van der Waals surface area contributed by atoms with Crippen molar-refractivity contribution in [1.29, 1.82) is 0 Å². The van der Waals surface area contributed by atoms with Crippen molar-refractivity contribution in [1.82, 2.24) is 5.32 Å². The zero-order valence-corrected chi connectivity index (χ0v) is 16.8. The van der Waals surface area contributed by atoms with E-state index in [9.17, 15) is 18.0 Å². The Morgan fingerprint density at radius 3 is 2.46 bits per heavy atom. The monoisotopic (exact) mass is 400 g/mol. The van der Waals surface area contributed by atoms with Gasteiger partial charge in [-0.25, -0.2) is 8.42 Å². The maximum absolute atomic E-state index is 13.3. The first-order valence-corrected chi connectivity index (χ1v) is 11.0. The Balaban J connectivity index is 2.03. The maximum Gasteiger partial charge on any atom is 0.250 e. The fraction of sp³-hybridized carbons (Fsp3) is 0.333. The highest BCUT2D eigenvalue weighted by molar-refractivity contribution is 7.91. The van der Waals surface area contributed by atoms with Gasteiger partial charge in [-0.15, -0.1) is 0 Å². The Labute approximate surface area is 165 Å². The predicted octanol–water partition coefficient (Wildman–Crippen LogP) is 2.54. The molecule has 0 aliphatic carbocycles. The summed E-state index contributed by atoms with van der Waals surface area (Å²) in [6, 6.07) is 14.7. The summed E-state index contributed by atoms with van der Waals surface area (Å²) in [7, 11) is -3.74. The quantitative estimate of drug-likeness (QED) is 0.836. The summed E-state index contributed by atoms with van der Waals surface area (Å²) in [4.78, 5) is 27.2. The van der Waals surface area contributed by atoms with Crippen molar-refractivity contribution in [2.75, 3.05) is 10.7 Å². The van der Waals surface area contributed by atoms with Crippen molar-refractivity contribution in [2.45, 2.75) is 37.8 Å². The number of fused-ring (bicyclic) bond motifs is 1. The molecular weight excluding hydrogens is 376 g/mol. The van der Waals surface area contributed by atoms with Crippen LogP contribution in [0.4, 0.5) is 5.69 Å². The van der Waals surface area contributed by atoms with Crippen molar-refractivity contribution in [2.24, 2.45) is 5.92 Å². The minimum absolute atomic E-state index is 0.111. The highest BCUT2D eigenvalue weighted by Crippen LogP contribution is 2.31. The van der Waals surface area contributed by atoms with Crippen LogP contribution >= 0.6 is 0 Å². The molecule has 2 aromatic carbocycles. The minimum Gasteiger partial charge on any atom is -0.343 e. The van der Waals surface area contributed by atoms with Gasteiger partial charge in [0.2, 0.25) is 5.91 Å². The van der Waals surface area contributed by atoms with Gasteiger partial charge in [-0.2, -0.15) is 0 Å².